The van der Waals surface area contributed by atoms with Gasteiger partial charge >= 0.3 is 0 Å². The highest BCUT2D eigenvalue weighted by Crippen LogP contribution is 2.47. The summed E-state index contributed by atoms with van der Waals surface area (Å²) in [6, 6.07) is 72.8. The topological polar surface area (TPSA) is 54.6 Å². The van der Waals surface area contributed by atoms with Gasteiger partial charge in [0.05, 0.1) is 11.0 Å². The Bertz CT molecular complexity index is 4870. The van der Waals surface area contributed by atoms with Crippen molar-refractivity contribution in [1.82, 2.24) is 9.13 Å². The molecule has 0 fully saturated rings. The molecule has 0 amide bonds. The van der Waals surface area contributed by atoms with Crippen LogP contribution < -0.4 is 42.3 Å². The summed E-state index contributed by atoms with van der Waals surface area (Å²) in [4.78, 5) is 0. The molecule has 0 unspecified atom stereocenters. The van der Waals surface area contributed by atoms with Crippen molar-refractivity contribution in [3.63, 3.8) is 0 Å². The van der Waals surface area contributed by atoms with Crippen LogP contribution in [0.3, 0.4) is 0 Å². The Hall–Kier alpha value is -9.65. The molecule has 344 valence electrons. The monoisotopic (exact) mass is 954 g/mol. The number of para-hydroxylation sites is 6. The molecule has 0 spiro atoms. The molecule has 11 aromatic carbocycles. The first-order valence-corrected chi connectivity index (χ1v) is 25.9. The van der Waals surface area contributed by atoms with Gasteiger partial charge in [-0.25, -0.2) is 0 Å². The fraction of sp³-hybridized carbons (Fsp3) is 0.0149. The van der Waals surface area contributed by atoms with E-state index >= 15 is 0 Å². The Morgan fingerprint density at radius 1 is 0.360 bits per heavy atom. The van der Waals surface area contributed by atoms with Crippen molar-refractivity contribution in [2.75, 3.05) is 0 Å². The van der Waals surface area contributed by atoms with Crippen LogP contribution in [0, 0.1) is 6.92 Å². The highest BCUT2D eigenvalue weighted by Gasteiger charge is 2.47. The Balaban J connectivity index is 0.901. The third-order valence-corrected chi connectivity index (χ3v) is 17.4. The molecule has 0 N–H and O–H groups in total. The Kier molecular flexibility index (Phi) is 7.01. The van der Waals surface area contributed by atoms with Crippen LogP contribution in [0.5, 0.6) is 23.0 Å². The normalized spacial score (nSPS) is 13.6. The van der Waals surface area contributed by atoms with E-state index in [0.717, 1.165) is 117 Å². The van der Waals surface area contributed by atoms with Crippen molar-refractivity contribution < 1.29 is 18.3 Å². The molecule has 19 rings (SSSR count). The largest absolute Gasteiger partial charge is 0.458 e. The van der Waals surface area contributed by atoms with E-state index in [-0.39, 0.29) is 13.4 Å². The molecule has 0 saturated heterocycles. The number of benzene rings is 11. The summed E-state index contributed by atoms with van der Waals surface area (Å²) >= 11 is 0. The SMILES string of the molecule is Cc1c2c(cc3c1Oc1cc(-c4cccc5oc6ccccc6c45)cc4c1B3c1cccc3c5ccccc5n-4c13)B1c3c(cc(-c4cccc5oc6ccccc6c45)cc3-n3c4ccccc4c4cccc1c43)O2. The summed E-state index contributed by atoms with van der Waals surface area (Å²) in [6.45, 7) is 1.96. The molecule has 8 heteroatoms. The first-order chi connectivity index (χ1) is 37.1. The molecule has 6 nitrogen and oxygen atoms in total. The lowest BCUT2D eigenvalue weighted by Crippen LogP contribution is -2.62. The zero-order valence-electron chi connectivity index (χ0n) is 40.2. The fourth-order valence-electron chi connectivity index (χ4n) is 14.5. The molecule has 0 bridgehead atoms. The van der Waals surface area contributed by atoms with Crippen LogP contribution in [0.1, 0.15) is 5.56 Å². The minimum Gasteiger partial charge on any atom is -0.458 e. The maximum absolute atomic E-state index is 7.55. The van der Waals surface area contributed by atoms with Crippen molar-refractivity contribution in [2.24, 2.45) is 0 Å². The Labute approximate surface area is 428 Å². The summed E-state index contributed by atoms with van der Waals surface area (Å²) < 4.78 is 33.1. The number of nitrogens with zero attached hydrogens (tertiary/aromatic N) is 2. The van der Waals surface area contributed by atoms with Crippen LogP contribution in [0.15, 0.2) is 209 Å². The molecular weight excluding hydrogens is 918 g/mol. The van der Waals surface area contributed by atoms with Crippen molar-refractivity contribution in [1.29, 1.82) is 0 Å². The third-order valence-electron chi connectivity index (χ3n) is 17.4. The molecule has 0 atom stereocenters. The second-order valence-corrected chi connectivity index (χ2v) is 21.0. The minimum atomic E-state index is -0.123. The van der Waals surface area contributed by atoms with E-state index in [2.05, 4.69) is 204 Å². The number of ether oxygens (including phenoxy) is 2. The van der Waals surface area contributed by atoms with Gasteiger partial charge in [0.1, 0.15) is 45.3 Å². The standard InChI is InChI=1S/C67H36B2N2O4/c1-35-66-48(68-46-22-10-20-42-40-14-2-6-24-50(40)70(64(42)46)52-30-36(32-58(74-66)62(52)68)38-18-12-28-56-60(38)44-16-4-8-26-54(44)72-56)34-49-67(35)75-59-33-37(39-19-13-29-57-61(39)45-17-5-9-27-55(45)73-57)31-53-63(59)69(49)47-23-11-21-43-41-15-3-7-25-51(41)71(53)65(43)47/h2-34H,1H3. The molecule has 4 aromatic heterocycles. The van der Waals surface area contributed by atoms with E-state index in [9.17, 15) is 0 Å². The number of hydrogen-bond acceptors (Lipinski definition) is 4. The van der Waals surface area contributed by atoms with Gasteiger partial charge in [-0.2, -0.15) is 0 Å². The van der Waals surface area contributed by atoms with Crippen LogP contribution in [-0.4, -0.2) is 22.6 Å². The number of rotatable bonds is 2. The van der Waals surface area contributed by atoms with Gasteiger partial charge in [0.2, 0.25) is 0 Å². The van der Waals surface area contributed by atoms with Gasteiger partial charge in [-0.05, 0) is 123 Å². The summed E-state index contributed by atoms with van der Waals surface area (Å²) in [5, 5.41) is 9.35. The van der Waals surface area contributed by atoms with Crippen LogP contribution >= 0.6 is 0 Å². The van der Waals surface area contributed by atoms with Crippen LogP contribution in [0.25, 0.3) is 121 Å². The van der Waals surface area contributed by atoms with Gasteiger partial charge in [0.15, 0.2) is 0 Å². The van der Waals surface area contributed by atoms with E-state index in [1.807, 2.05) is 12.1 Å². The van der Waals surface area contributed by atoms with E-state index in [4.69, 9.17) is 18.3 Å². The van der Waals surface area contributed by atoms with Crippen LogP contribution in [0.4, 0.5) is 0 Å². The predicted molar refractivity (Wildman–Crippen MR) is 308 cm³/mol. The van der Waals surface area contributed by atoms with Gasteiger partial charge in [-0.3, -0.25) is 0 Å². The van der Waals surface area contributed by atoms with Gasteiger partial charge in [0.25, 0.3) is 13.4 Å². The third kappa shape index (κ3) is 4.71. The molecule has 15 aromatic rings. The quantitative estimate of drug-likeness (QED) is 0.162. The molecule has 75 heavy (non-hydrogen) atoms. The number of hydrogen-bond donors (Lipinski definition) is 0. The maximum atomic E-state index is 7.55. The number of fused-ring (bicyclic) bond motifs is 20. The first kappa shape index (κ1) is 39.0. The highest BCUT2D eigenvalue weighted by atomic mass is 16.5. The van der Waals surface area contributed by atoms with Crippen LogP contribution in [0.2, 0.25) is 0 Å². The summed E-state index contributed by atoms with van der Waals surface area (Å²) in [7, 11) is 0. The van der Waals surface area contributed by atoms with Crippen molar-refractivity contribution in [2.45, 2.75) is 6.92 Å². The zero-order valence-corrected chi connectivity index (χ0v) is 40.2. The highest BCUT2D eigenvalue weighted by molar-refractivity contribution is 7.02. The molecular formula is C67H36B2N2O4. The lowest BCUT2D eigenvalue weighted by Gasteiger charge is -2.38. The minimum absolute atomic E-state index is 0.123. The van der Waals surface area contributed by atoms with Gasteiger partial charge in [-0.1, -0.05) is 140 Å². The molecule has 0 saturated carbocycles. The molecule has 4 aliphatic heterocycles. The van der Waals surface area contributed by atoms with Crippen LogP contribution in [-0.2, 0) is 0 Å². The average Bonchev–Trinajstić information content (AvgIpc) is 4.31. The lowest BCUT2D eigenvalue weighted by atomic mass is 9.31. The lowest BCUT2D eigenvalue weighted by molar-refractivity contribution is 0.459. The Morgan fingerprint density at radius 3 is 1.27 bits per heavy atom. The average molecular weight is 955 g/mol. The van der Waals surface area contributed by atoms with Gasteiger partial charge < -0.3 is 27.4 Å². The molecule has 8 heterocycles. The predicted octanol–water partition coefficient (Wildman–Crippen LogP) is 13.2. The second kappa shape index (κ2) is 13.5. The molecule has 0 aliphatic carbocycles. The van der Waals surface area contributed by atoms with E-state index in [1.165, 1.54) is 65.5 Å². The summed E-state index contributed by atoms with van der Waals surface area (Å²) in [6.07, 6.45) is 0. The smallest absolute Gasteiger partial charge is 0.256 e. The van der Waals surface area contributed by atoms with E-state index in [1.54, 1.807) is 0 Å². The van der Waals surface area contributed by atoms with Gasteiger partial charge in [-0.15, -0.1) is 0 Å². The van der Waals surface area contributed by atoms with E-state index in [0.29, 0.717) is 0 Å². The zero-order chi connectivity index (χ0) is 48.5. The molecule has 0 radical (unpaired) electrons. The van der Waals surface area contributed by atoms with Crippen molar-refractivity contribution >= 4 is 134 Å². The first-order valence-electron chi connectivity index (χ1n) is 25.9. The van der Waals surface area contributed by atoms with Crippen molar-refractivity contribution in [3.8, 4) is 56.6 Å². The van der Waals surface area contributed by atoms with Gasteiger partial charge in [0, 0.05) is 71.1 Å². The maximum Gasteiger partial charge on any atom is 0.256 e. The number of furan rings is 2. The summed E-state index contributed by atoms with van der Waals surface area (Å²) in [5.74, 6) is 3.39. The van der Waals surface area contributed by atoms with E-state index < -0.39 is 0 Å². The van der Waals surface area contributed by atoms with Crippen molar-refractivity contribution in [3.05, 3.63) is 206 Å². The number of aromatic nitrogens is 2. The summed E-state index contributed by atoms with van der Waals surface area (Å²) in [5.41, 5.74) is 23.1. The second-order valence-electron chi connectivity index (χ2n) is 21.0. The fourth-order valence-corrected chi connectivity index (χ4v) is 14.5. The molecule has 4 aliphatic rings. The Morgan fingerprint density at radius 2 is 0.773 bits per heavy atom.